The third-order valence-corrected chi connectivity index (χ3v) is 6.12. The summed E-state index contributed by atoms with van der Waals surface area (Å²) in [6.07, 6.45) is -0.489. The highest BCUT2D eigenvalue weighted by Crippen LogP contribution is 2.58. The van der Waals surface area contributed by atoms with Crippen molar-refractivity contribution in [1.82, 2.24) is 9.88 Å². The smallest absolute Gasteiger partial charge is 0.337 e. The van der Waals surface area contributed by atoms with Crippen molar-refractivity contribution in [3.05, 3.63) is 45.2 Å². The summed E-state index contributed by atoms with van der Waals surface area (Å²) in [6, 6.07) is 4.83. The number of rotatable bonds is 5. The number of methoxy groups -OCH3 is 3. The highest BCUT2D eigenvalue weighted by molar-refractivity contribution is 9.10. The van der Waals surface area contributed by atoms with E-state index in [-0.39, 0.29) is 28.7 Å². The molecule has 1 amide bonds. The van der Waals surface area contributed by atoms with Crippen LogP contribution in [0.5, 0.6) is 0 Å². The van der Waals surface area contributed by atoms with Crippen LogP contribution in [0.3, 0.4) is 0 Å². The van der Waals surface area contributed by atoms with Gasteiger partial charge >= 0.3 is 17.9 Å². The number of hydrogen-bond acceptors (Lipinski definition) is 10. The standard InChI is InChI=1S/C21H18BrN3O8/c1-30-13(26)7-12-15(18(28)32-3)21(19(29)25(12)8-14(27)31-2)11-6-9(22)4-5-10(11)16-17(21)24-20(23)33-16/h4-6H,7-8H2,1-3H3,(H2,23,24)/t21-/m0/s1. The van der Waals surface area contributed by atoms with Crippen LogP contribution in [0.1, 0.15) is 17.7 Å². The van der Waals surface area contributed by atoms with E-state index >= 15 is 0 Å². The third kappa shape index (κ3) is 3.12. The molecule has 2 aromatic rings. The Bertz CT molecular complexity index is 1250. The van der Waals surface area contributed by atoms with Crippen LogP contribution in [0.2, 0.25) is 0 Å². The van der Waals surface area contributed by atoms with Crippen LogP contribution >= 0.6 is 15.9 Å². The minimum atomic E-state index is -1.86. The first kappa shape index (κ1) is 22.5. The van der Waals surface area contributed by atoms with Gasteiger partial charge in [-0.1, -0.05) is 15.9 Å². The van der Waals surface area contributed by atoms with Gasteiger partial charge in [-0.05, 0) is 23.8 Å². The van der Waals surface area contributed by atoms with Crippen molar-refractivity contribution in [2.45, 2.75) is 11.8 Å². The molecule has 12 heteroatoms. The molecule has 1 atom stereocenters. The lowest BCUT2D eigenvalue weighted by Gasteiger charge is -2.26. The molecule has 1 spiro atoms. The molecule has 11 nitrogen and oxygen atoms in total. The van der Waals surface area contributed by atoms with Crippen LogP contribution < -0.4 is 5.73 Å². The number of esters is 3. The first-order valence-corrected chi connectivity index (χ1v) is 10.3. The Balaban J connectivity index is 2.11. The number of benzene rings is 1. The van der Waals surface area contributed by atoms with Crippen molar-refractivity contribution < 1.29 is 37.8 Å². The molecule has 0 saturated carbocycles. The molecule has 4 rings (SSSR count). The Morgan fingerprint density at radius 3 is 2.48 bits per heavy atom. The van der Waals surface area contributed by atoms with E-state index in [9.17, 15) is 19.2 Å². The van der Waals surface area contributed by atoms with Gasteiger partial charge in [0.05, 0.1) is 33.3 Å². The van der Waals surface area contributed by atoms with Crippen molar-refractivity contribution in [3.63, 3.8) is 0 Å². The van der Waals surface area contributed by atoms with Gasteiger partial charge in [-0.2, -0.15) is 4.98 Å². The number of carbonyl (C=O) groups excluding carboxylic acids is 4. The summed E-state index contributed by atoms with van der Waals surface area (Å²) in [6.45, 7) is -0.560. The number of nitrogen functional groups attached to an aromatic ring is 1. The van der Waals surface area contributed by atoms with Crippen molar-refractivity contribution >= 4 is 45.8 Å². The van der Waals surface area contributed by atoms with E-state index < -0.39 is 42.2 Å². The number of amides is 1. The average Bonchev–Trinajstić information content (AvgIpc) is 3.37. The van der Waals surface area contributed by atoms with E-state index in [4.69, 9.17) is 24.4 Å². The topological polar surface area (TPSA) is 151 Å². The van der Waals surface area contributed by atoms with Gasteiger partial charge in [-0.3, -0.25) is 14.4 Å². The number of halogens is 1. The molecule has 0 saturated heterocycles. The number of nitrogens with zero attached hydrogens (tertiary/aromatic N) is 2. The second-order valence-corrected chi connectivity index (χ2v) is 8.12. The zero-order chi connectivity index (χ0) is 24.1. The highest BCUT2D eigenvalue weighted by atomic mass is 79.9. The lowest BCUT2D eigenvalue weighted by atomic mass is 9.74. The molecule has 2 heterocycles. The molecule has 0 radical (unpaired) electrons. The molecule has 2 aliphatic rings. The van der Waals surface area contributed by atoms with E-state index in [1.165, 1.54) is 0 Å². The number of anilines is 1. The molecule has 33 heavy (non-hydrogen) atoms. The highest BCUT2D eigenvalue weighted by Gasteiger charge is 2.64. The number of oxazole rings is 1. The van der Waals surface area contributed by atoms with Crippen LogP contribution in [0.25, 0.3) is 11.3 Å². The molecular weight excluding hydrogens is 502 g/mol. The van der Waals surface area contributed by atoms with E-state index in [2.05, 4.69) is 20.9 Å². The van der Waals surface area contributed by atoms with Crippen LogP contribution in [0.4, 0.5) is 6.01 Å². The molecule has 1 aromatic carbocycles. The predicted octanol–water partition coefficient (Wildman–Crippen LogP) is 1.29. The number of fused-ring (bicyclic) bond motifs is 5. The number of nitrogens with two attached hydrogens (primary N) is 1. The van der Waals surface area contributed by atoms with Gasteiger partial charge in [0.15, 0.2) is 11.2 Å². The molecular formula is C21H18BrN3O8. The lowest BCUT2D eigenvalue weighted by molar-refractivity contribution is -0.147. The van der Waals surface area contributed by atoms with Crippen LogP contribution in [-0.4, -0.2) is 61.6 Å². The van der Waals surface area contributed by atoms with Gasteiger partial charge in [0, 0.05) is 15.7 Å². The fourth-order valence-electron chi connectivity index (χ4n) is 4.31. The van der Waals surface area contributed by atoms with Gasteiger partial charge in [0.1, 0.15) is 12.2 Å². The van der Waals surface area contributed by atoms with Crippen molar-refractivity contribution in [2.75, 3.05) is 33.6 Å². The minimum absolute atomic E-state index is 0.0632. The van der Waals surface area contributed by atoms with Crippen LogP contribution in [0.15, 0.2) is 38.4 Å². The molecule has 2 N–H and O–H groups in total. The number of aromatic nitrogens is 1. The summed E-state index contributed by atoms with van der Waals surface area (Å²) in [5.41, 5.74) is 4.60. The van der Waals surface area contributed by atoms with E-state index in [0.717, 1.165) is 26.2 Å². The second-order valence-electron chi connectivity index (χ2n) is 7.20. The summed E-state index contributed by atoms with van der Waals surface area (Å²) in [7, 11) is 3.46. The number of hydrogen-bond donors (Lipinski definition) is 1. The van der Waals surface area contributed by atoms with Crippen LogP contribution in [0, 0.1) is 0 Å². The Labute approximate surface area is 195 Å². The Morgan fingerprint density at radius 2 is 1.85 bits per heavy atom. The Kier molecular flexibility index (Phi) is 5.48. The lowest BCUT2D eigenvalue weighted by Crippen LogP contribution is -2.44. The molecule has 0 bridgehead atoms. The predicted molar refractivity (Wildman–Crippen MR) is 114 cm³/mol. The van der Waals surface area contributed by atoms with Crippen molar-refractivity contribution in [1.29, 1.82) is 0 Å². The third-order valence-electron chi connectivity index (χ3n) is 5.63. The average molecular weight is 520 g/mol. The zero-order valence-electron chi connectivity index (χ0n) is 17.8. The summed E-state index contributed by atoms with van der Waals surface area (Å²) in [5, 5.41) is 0. The summed E-state index contributed by atoms with van der Waals surface area (Å²) < 4.78 is 20.7. The fourth-order valence-corrected chi connectivity index (χ4v) is 4.67. The SMILES string of the molecule is COC(=O)CC1=C(C(=O)OC)[C@@]2(C(=O)N1CC(=O)OC)c1cc(Br)ccc1-c1oc(N)nc12. The summed E-state index contributed by atoms with van der Waals surface area (Å²) in [5.74, 6) is -2.91. The monoisotopic (exact) mass is 519 g/mol. The Morgan fingerprint density at radius 1 is 1.15 bits per heavy atom. The van der Waals surface area contributed by atoms with E-state index in [1.807, 2.05) is 0 Å². The Hall–Kier alpha value is -3.67. The maximum absolute atomic E-state index is 14.1. The quantitative estimate of drug-likeness (QED) is 0.451. The largest absolute Gasteiger partial charge is 0.469 e. The van der Waals surface area contributed by atoms with Gasteiger partial charge in [-0.15, -0.1) is 0 Å². The van der Waals surface area contributed by atoms with Crippen molar-refractivity contribution in [2.24, 2.45) is 0 Å². The van der Waals surface area contributed by atoms with E-state index in [1.54, 1.807) is 18.2 Å². The molecule has 172 valence electrons. The van der Waals surface area contributed by atoms with Crippen molar-refractivity contribution in [3.8, 4) is 11.3 Å². The summed E-state index contributed by atoms with van der Waals surface area (Å²) >= 11 is 3.39. The first-order chi connectivity index (χ1) is 15.7. The zero-order valence-corrected chi connectivity index (χ0v) is 19.3. The summed E-state index contributed by atoms with van der Waals surface area (Å²) in [4.78, 5) is 57.0. The molecule has 0 fully saturated rings. The van der Waals surface area contributed by atoms with Gasteiger partial charge < -0.3 is 29.3 Å². The van der Waals surface area contributed by atoms with Crippen LogP contribution in [-0.2, 0) is 38.8 Å². The number of carbonyl (C=O) groups is 4. The molecule has 1 aromatic heterocycles. The van der Waals surface area contributed by atoms with Gasteiger partial charge in [0.2, 0.25) is 5.91 Å². The van der Waals surface area contributed by atoms with Gasteiger partial charge in [-0.25, -0.2) is 4.79 Å². The minimum Gasteiger partial charge on any atom is -0.469 e. The van der Waals surface area contributed by atoms with Gasteiger partial charge in [0.25, 0.3) is 6.01 Å². The number of ether oxygens (including phenoxy) is 3. The first-order valence-electron chi connectivity index (χ1n) is 9.55. The normalized spacial score (nSPS) is 18.4. The van der Waals surface area contributed by atoms with E-state index in [0.29, 0.717) is 15.6 Å². The molecule has 0 unspecified atom stereocenters. The second kappa shape index (κ2) is 8.03. The fraction of sp³-hybridized carbons (Fsp3) is 0.286. The maximum Gasteiger partial charge on any atom is 0.337 e. The molecule has 1 aliphatic carbocycles. The molecule has 1 aliphatic heterocycles. The maximum atomic E-state index is 14.1.